The first-order valence-corrected chi connectivity index (χ1v) is 12.3. The van der Waals surface area contributed by atoms with Crippen molar-refractivity contribution >= 4 is 19.7 Å². The smallest absolute Gasteiger partial charge is 0.186 e. The quantitative estimate of drug-likeness (QED) is 0.575. The van der Waals surface area contributed by atoms with Gasteiger partial charge in [0.25, 0.3) is 0 Å². The van der Waals surface area contributed by atoms with E-state index in [0.717, 1.165) is 5.56 Å². The molecule has 0 bridgehead atoms. The Morgan fingerprint density at radius 2 is 1.83 bits per heavy atom. The summed E-state index contributed by atoms with van der Waals surface area (Å²) in [5.74, 6) is 0.234. The van der Waals surface area contributed by atoms with Crippen molar-refractivity contribution in [2.45, 2.75) is 21.6 Å². The van der Waals surface area contributed by atoms with Crippen LogP contribution in [0.4, 0.5) is 0 Å². The highest BCUT2D eigenvalue weighted by Crippen LogP contribution is 2.45. The molecule has 0 saturated carbocycles. The highest BCUT2D eigenvalue weighted by Gasteiger charge is 2.45. The number of ether oxygens (including phenoxy) is 2. The zero-order chi connectivity index (χ0) is 21.4. The minimum Gasteiger partial charge on any atom is -0.496 e. The van der Waals surface area contributed by atoms with Crippen molar-refractivity contribution in [1.82, 2.24) is 4.98 Å². The summed E-state index contributed by atoms with van der Waals surface area (Å²) in [5, 5.41) is -1.23. The zero-order valence-corrected chi connectivity index (χ0v) is 17.7. The molecule has 7 nitrogen and oxygen atoms in total. The third-order valence-electron chi connectivity index (χ3n) is 4.93. The van der Waals surface area contributed by atoms with E-state index in [4.69, 9.17) is 9.47 Å². The minimum absolute atomic E-state index is 0.00634. The zero-order valence-electron chi connectivity index (χ0n) is 16.1. The van der Waals surface area contributed by atoms with Gasteiger partial charge in [-0.1, -0.05) is 12.1 Å². The molecule has 1 aliphatic heterocycles. The second-order valence-electron chi connectivity index (χ2n) is 6.81. The molecule has 30 heavy (non-hydrogen) atoms. The van der Waals surface area contributed by atoms with Crippen molar-refractivity contribution in [2.24, 2.45) is 0 Å². The van der Waals surface area contributed by atoms with Crippen LogP contribution in [0.1, 0.15) is 16.4 Å². The number of methoxy groups -OCH3 is 1. The number of nitrogens with zero attached hydrogens (tertiary/aromatic N) is 1. The number of fused-ring (bicyclic) bond motifs is 1. The first-order chi connectivity index (χ1) is 14.3. The monoisotopic (exact) mass is 445 g/mol. The summed E-state index contributed by atoms with van der Waals surface area (Å²) >= 11 is 0. The Balaban J connectivity index is 1.62. The Kier molecular flexibility index (Phi) is 5.25. The van der Waals surface area contributed by atoms with Gasteiger partial charge in [-0.2, -0.15) is 0 Å². The summed E-state index contributed by atoms with van der Waals surface area (Å²) in [6.07, 6.45) is 3.35. The second-order valence-corrected chi connectivity index (χ2v) is 10.9. The van der Waals surface area contributed by atoms with Crippen molar-refractivity contribution in [2.75, 3.05) is 12.9 Å². The molecule has 1 atom stereocenters. The Hall–Kier alpha value is -2.91. The van der Waals surface area contributed by atoms with Gasteiger partial charge in [0.05, 0.1) is 22.7 Å². The lowest BCUT2D eigenvalue weighted by molar-refractivity contribution is 0.305. The first-order valence-electron chi connectivity index (χ1n) is 9.08. The second kappa shape index (κ2) is 7.73. The van der Waals surface area contributed by atoms with Crippen LogP contribution in [0.3, 0.4) is 0 Å². The van der Waals surface area contributed by atoms with Crippen LogP contribution in [0, 0.1) is 0 Å². The molecule has 0 N–H and O–H groups in total. The van der Waals surface area contributed by atoms with Gasteiger partial charge >= 0.3 is 0 Å². The predicted octanol–water partition coefficient (Wildman–Crippen LogP) is 2.97. The maximum absolute atomic E-state index is 13.3. The van der Waals surface area contributed by atoms with Gasteiger partial charge in [0.2, 0.25) is 0 Å². The predicted molar refractivity (Wildman–Crippen MR) is 110 cm³/mol. The van der Waals surface area contributed by atoms with Gasteiger partial charge < -0.3 is 9.47 Å². The maximum atomic E-state index is 13.3. The van der Waals surface area contributed by atoms with Gasteiger partial charge in [-0.3, -0.25) is 4.98 Å². The van der Waals surface area contributed by atoms with Gasteiger partial charge in [-0.15, -0.1) is 0 Å². The highest BCUT2D eigenvalue weighted by atomic mass is 32.2. The average Bonchev–Trinajstić information content (AvgIpc) is 3.05. The molecule has 1 aliphatic rings. The SMILES string of the molecule is COc1cccc2c1C(S(=O)(=O)c1ccc(OCc3cccnc3)cc1)CS2(=O)=O. The molecule has 9 heteroatoms. The van der Waals surface area contributed by atoms with E-state index in [2.05, 4.69) is 4.98 Å². The minimum atomic E-state index is -3.96. The topological polar surface area (TPSA) is 99.6 Å². The van der Waals surface area contributed by atoms with Crippen molar-refractivity contribution in [3.8, 4) is 11.5 Å². The number of hydrogen-bond donors (Lipinski definition) is 0. The summed E-state index contributed by atoms with van der Waals surface area (Å²) < 4.78 is 62.5. The van der Waals surface area contributed by atoms with Gasteiger partial charge in [0.15, 0.2) is 19.7 Å². The molecule has 0 aliphatic carbocycles. The molecule has 1 unspecified atom stereocenters. The van der Waals surface area contributed by atoms with E-state index in [9.17, 15) is 16.8 Å². The van der Waals surface area contributed by atoms with E-state index in [1.165, 1.54) is 25.3 Å². The molecule has 2 heterocycles. The molecule has 0 fully saturated rings. The Labute approximate surface area is 175 Å². The van der Waals surface area contributed by atoms with Crippen LogP contribution in [0.2, 0.25) is 0 Å². The molecule has 0 amide bonds. The van der Waals surface area contributed by atoms with Crippen LogP contribution in [-0.4, -0.2) is 34.7 Å². The number of benzene rings is 2. The molecule has 4 rings (SSSR count). The molecule has 1 aromatic heterocycles. The summed E-state index contributed by atoms with van der Waals surface area (Å²) in [7, 11) is -6.29. The van der Waals surface area contributed by atoms with Crippen LogP contribution in [0.15, 0.2) is 76.8 Å². The van der Waals surface area contributed by atoms with Gasteiger partial charge in [0, 0.05) is 23.5 Å². The Morgan fingerprint density at radius 1 is 1.07 bits per heavy atom. The highest BCUT2D eigenvalue weighted by molar-refractivity contribution is 7.96. The Morgan fingerprint density at radius 3 is 2.50 bits per heavy atom. The van der Waals surface area contributed by atoms with Crippen LogP contribution < -0.4 is 9.47 Å². The lowest BCUT2D eigenvalue weighted by Gasteiger charge is -2.15. The van der Waals surface area contributed by atoms with E-state index >= 15 is 0 Å². The van der Waals surface area contributed by atoms with E-state index < -0.39 is 30.7 Å². The van der Waals surface area contributed by atoms with E-state index in [1.54, 1.807) is 42.7 Å². The average molecular weight is 446 g/mol. The molecule has 0 radical (unpaired) electrons. The van der Waals surface area contributed by atoms with Crippen molar-refractivity contribution in [3.63, 3.8) is 0 Å². The van der Waals surface area contributed by atoms with Gasteiger partial charge in [-0.05, 0) is 42.5 Å². The van der Waals surface area contributed by atoms with Crippen molar-refractivity contribution in [1.29, 1.82) is 0 Å². The Bertz CT molecular complexity index is 1270. The number of aromatic nitrogens is 1. The lowest BCUT2D eigenvalue weighted by atomic mass is 10.1. The summed E-state index contributed by atoms with van der Waals surface area (Å²) in [6.45, 7) is 0.297. The van der Waals surface area contributed by atoms with E-state index in [-0.39, 0.29) is 21.1 Å². The molecule has 2 aromatic carbocycles. The normalized spacial score (nSPS) is 17.3. The van der Waals surface area contributed by atoms with Crippen LogP contribution >= 0.6 is 0 Å². The fraction of sp³-hybridized carbons (Fsp3) is 0.190. The summed E-state index contributed by atoms with van der Waals surface area (Å²) in [6, 6.07) is 14.1. The van der Waals surface area contributed by atoms with Crippen LogP contribution in [-0.2, 0) is 26.3 Å². The third-order valence-corrected chi connectivity index (χ3v) is 9.02. The summed E-state index contributed by atoms with van der Waals surface area (Å²) in [4.78, 5) is 4.04. The molecule has 0 spiro atoms. The largest absolute Gasteiger partial charge is 0.496 e. The van der Waals surface area contributed by atoms with Crippen molar-refractivity contribution < 1.29 is 26.3 Å². The fourth-order valence-electron chi connectivity index (χ4n) is 3.45. The van der Waals surface area contributed by atoms with Gasteiger partial charge in [-0.25, -0.2) is 16.8 Å². The molecule has 156 valence electrons. The first kappa shape index (κ1) is 20.4. The maximum Gasteiger partial charge on any atom is 0.186 e. The standard InChI is InChI=1S/C21H19NO6S2/c1-27-18-5-2-6-19-21(18)20(14-29(19,23)24)30(25,26)17-9-7-16(8-10-17)28-13-15-4-3-11-22-12-15/h2-12,20H,13-14H2,1H3. The molecule has 0 saturated heterocycles. The number of hydrogen-bond acceptors (Lipinski definition) is 7. The third kappa shape index (κ3) is 3.66. The molecule has 3 aromatic rings. The van der Waals surface area contributed by atoms with E-state index in [1.807, 2.05) is 6.07 Å². The van der Waals surface area contributed by atoms with Gasteiger partial charge in [0.1, 0.15) is 23.4 Å². The van der Waals surface area contributed by atoms with Crippen LogP contribution in [0.25, 0.3) is 0 Å². The fourth-order valence-corrected chi connectivity index (χ4v) is 7.78. The summed E-state index contributed by atoms with van der Waals surface area (Å²) in [5.41, 5.74) is 1.07. The molecular formula is C21H19NO6S2. The molecular weight excluding hydrogens is 426 g/mol. The van der Waals surface area contributed by atoms with E-state index in [0.29, 0.717) is 12.4 Å². The van der Waals surface area contributed by atoms with Crippen LogP contribution in [0.5, 0.6) is 11.5 Å². The van der Waals surface area contributed by atoms with Crippen molar-refractivity contribution in [3.05, 3.63) is 78.1 Å². The number of sulfone groups is 2. The number of pyridine rings is 1. The lowest BCUT2D eigenvalue weighted by Crippen LogP contribution is -2.16. The number of rotatable bonds is 6.